The van der Waals surface area contributed by atoms with Crippen LogP contribution >= 0.6 is 0 Å². The maximum atomic E-state index is 13.4. The number of piperidine rings is 1. The van der Waals surface area contributed by atoms with Gasteiger partial charge in [-0.15, -0.1) is 10.1 Å². The molecule has 0 aromatic heterocycles. The minimum Gasteiger partial charge on any atom is -0.493 e. The molecule has 1 aliphatic rings. The maximum Gasteiger partial charge on any atom is 0.404 e. The van der Waals surface area contributed by atoms with Crippen molar-refractivity contribution in [1.29, 1.82) is 0 Å². The number of amides is 3. The summed E-state index contributed by atoms with van der Waals surface area (Å²) in [5.74, 6) is -0.126. The lowest BCUT2D eigenvalue weighted by molar-refractivity contribution is -0.754. The van der Waals surface area contributed by atoms with Gasteiger partial charge in [0, 0.05) is 45.2 Å². The molecule has 1 heterocycles. The number of aliphatic hydroxyl groups is 1. The quantitative estimate of drug-likeness (QED) is 0.0843. The topological polar surface area (TPSA) is 199 Å². The number of methoxy groups -OCH3 is 2. The number of carbonyl (C=O) groups is 3. The van der Waals surface area contributed by atoms with E-state index in [-0.39, 0.29) is 36.1 Å². The third-order valence-electron chi connectivity index (χ3n) is 8.87. The van der Waals surface area contributed by atoms with Crippen LogP contribution in [-0.2, 0) is 25.6 Å². The fourth-order valence-corrected chi connectivity index (χ4v) is 5.92. The van der Waals surface area contributed by atoms with E-state index in [0.717, 1.165) is 12.0 Å². The van der Waals surface area contributed by atoms with E-state index in [0.29, 0.717) is 63.5 Å². The molecule has 1 fully saturated rings. The normalized spacial score (nSPS) is 16.1. The fourth-order valence-electron chi connectivity index (χ4n) is 5.92. The van der Waals surface area contributed by atoms with E-state index in [1.807, 2.05) is 32.0 Å². The maximum absolute atomic E-state index is 13.4. The average Bonchev–Trinajstić information content (AvgIpc) is 3.03. The van der Waals surface area contributed by atoms with E-state index in [1.165, 1.54) is 4.90 Å². The van der Waals surface area contributed by atoms with E-state index in [2.05, 4.69) is 29.3 Å². The molecule has 48 heavy (non-hydrogen) atoms. The Balaban J connectivity index is 2.08. The Morgan fingerprint density at radius 1 is 1.04 bits per heavy atom. The SMILES string of the molecule is COCCCOc1cc(C[C@@H](C[C@H](NC(=O)O)[C@@H](O)C[C@H](C(=O)NC2CCN(C(=O)CO[N+](=O)[O-])CC2)C(C)C)C(C)C)ccc1OC. The lowest BCUT2D eigenvalue weighted by atomic mass is 9.80. The number of nitrogens with zero attached hydrogens (tertiary/aromatic N) is 2. The van der Waals surface area contributed by atoms with Crippen LogP contribution in [0.3, 0.4) is 0 Å². The first-order chi connectivity index (χ1) is 22.7. The van der Waals surface area contributed by atoms with E-state index in [1.54, 1.807) is 14.2 Å². The predicted octanol–water partition coefficient (Wildman–Crippen LogP) is 3.29. The van der Waals surface area contributed by atoms with Crippen LogP contribution in [0.1, 0.15) is 65.4 Å². The first-order valence-electron chi connectivity index (χ1n) is 16.6. The van der Waals surface area contributed by atoms with Gasteiger partial charge >= 0.3 is 6.09 Å². The summed E-state index contributed by atoms with van der Waals surface area (Å²) in [5, 5.41) is 36.0. The average molecular weight is 683 g/mol. The largest absolute Gasteiger partial charge is 0.493 e. The van der Waals surface area contributed by atoms with Gasteiger partial charge in [0.15, 0.2) is 18.1 Å². The van der Waals surface area contributed by atoms with Crippen LogP contribution in [0.25, 0.3) is 0 Å². The monoisotopic (exact) mass is 682 g/mol. The van der Waals surface area contributed by atoms with Crippen LogP contribution in [0.4, 0.5) is 4.79 Å². The van der Waals surface area contributed by atoms with Gasteiger partial charge in [0.1, 0.15) is 0 Å². The van der Waals surface area contributed by atoms with E-state index in [4.69, 9.17) is 14.2 Å². The fraction of sp³-hybridized carbons (Fsp3) is 0.727. The number of aliphatic hydroxyl groups excluding tert-OH is 1. The molecule has 3 amide bonds. The van der Waals surface area contributed by atoms with Crippen molar-refractivity contribution in [3.05, 3.63) is 33.9 Å². The zero-order chi connectivity index (χ0) is 35.8. The second-order valence-electron chi connectivity index (χ2n) is 13.0. The minimum atomic E-state index is -1.26. The Labute approximate surface area is 282 Å². The van der Waals surface area contributed by atoms with Crippen LogP contribution in [0, 0.1) is 33.8 Å². The van der Waals surface area contributed by atoms with Crippen molar-refractivity contribution in [2.75, 3.05) is 47.1 Å². The Kier molecular flexibility index (Phi) is 17.2. The third-order valence-corrected chi connectivity index (χ3v) is 8.87. The van der Waals surface area contributed by atoms with Crippen molar-refractivity contribution in [2.45, 2.75) is 84.4 Å². The number of hydrogen-bond donors (Lipinski definition) is 4. The van der Waals surface area contributed by atoms with Gasteiger partial charge in [0.25, 0.3) is 5.09 Å². The number of carboxylic acid groups (broad SMARTS) is 1. The Morgan fingerprint density at radius 2 is 1.73 bits per heavy atom. The lowest BCUT2D eigenvalue weighted by Crippen LogP contribution is -2.50. The molecule has 1 saturated heterocycles. The molecule has 0 unspecified atom stereocenters. The Hall–Kier alpha value is -3.85. The van der Waals surface area contributed by atoms with Crippen LogP contribution in [0.2, 0.25) is 0 Å². The summed E-state index contributed by atoms with van der Waals surface area (Å²) in [6.45, 7) is 8.88. The van der Waals surface area contributed by atoms with Crippen LogP contribution in [-0.4, -0.2) is 103 Å². The van der Waals surface area contributed by atoms with Gasteiger partial charge in [-0.25, -0.2) is 4.79 Å². The first kappa shape index (κ1) is 40.3. The van der Waals surface area contributed by atoms with Crippen molar-refractivity contribution in [3.8, 4) is 11.5 Å². The zero-order valence-corrected chi connectivity index (χ0v) is 29.0. The van der Waals surface area contributed by atoms with E-state index in [9.17, 15) is 34.7 Å². The molecule has 0 bridgehead atoms. The summed E-state index contributed by atoms with van der Waals surface area (Å²) in [6.07, 6.45) is 0.274. The molecule has 272 valence electrons. The van der Waals surface area contributed by atoms with E-state index >= 15 is 0 Å². The zero-order valence-electron chi connectivity index (χ0n) is 29.0. The summed E-state index contributed by atoms with van der Waals surface area (Å²) in [7, 11) is 3.21. The van der Waals surface area contributed by atoms with Gasteiger partial charge in [-0.1, -0.05) is 33.8 Å². The molecule has 2 rings (SSSR count). The Morgan fingerprint density at radius 3 is 2.29 bits per heavy atom. The Bertz CT molecular complexity index is 1170. The van der Waals surface area contributed by atoms with E-state index < -0.39 is 41.8 Å². The molecule has 1 aromatic rings. The summed E-state index contributed by atoms with van der Waals surface area (Å²) in [6, 6.07) is 4.69. The standard InChI is InChI=1S/C33H54N4O11/c1-21(2)24(16-23-8-9-29(46-6)30(17-23)47-15-7-14-45-5)18-27(35-33(41)42)28(38)19-26(22(3)4)32(40)34-25-10-12-36(13-11-25)31(39)20-48-37(43)44/h8-9,17,21-22,24-28,35,38H,7,10-16,18-20H2,1-6H3,(H,34,40)(H,41,42)/t24-,26-,27-,28-/m0/s1. The summed E-state index contributed by atoms with van der Waals surface area (Å²) in [4.78, 5) is 53.4. The highest BCUT2D eigenvalue weighted by molar-refractivity contribution is 5.79. The number of benzene rings is 1. The smallest absolute Gasteiger partial charge is 0.404 e. The molecule has 15 heteroatoms. The van der Waals surface area contributed by atoms with Gasteiger partial charge in [-0.2, -0.15) is 0 Å². The first-order valence-corrected chi connectivity index (χ1v) is 16.6. The summed E-state index contributed by atoms with van der Waals surface area (Å²) >= 11 is 0. The molecule has 4 atom stereocenters. The van der Waals surface area contributed by atoms with Gasteiger partial charge in [0.05, 0.1) is 25.9 Å². The third kappa shape index (κ3) is 13.7. The van der Waals surface area contributed by atoms with Crippen molar-refractivity contribution < 1.29 is 48.7 Å². The van der Waals surface area contributed by atoms with Crippen LogP contribution in [0.15, 0.2) is 18.2 Å². The van der Waals surface area contributed by atoms with Gasteiger partial charge < -0.3 is 44.8 Å². The second-order valence-corrected chi connectivity index (χ2v) is 13.0. The second kappa shape index (κ2) is 20.5. The number of ether oxygens (including phenoxy) is 3. The molecule has 1 aliphatic heterocycles. The number of nitrogens with one attached hydrogen (secondary N) is 2. The highest BCUT2D eigenvalue weighted by Crippen LogP contribution is 2.32. The number of hydrogen-bond acceptors (Lipinski definition) is 10. The molecule has 0 saturated carbocycles. The molecular formula is C33H54N4O11. The molecule has 15 nitrogen and oxygen atoms in total. The molecule has 0 spiro atoms. The summed E-state index contributed by atoms with van der Waals surface area (Å²) < 4.78 is 16.5. The van der Waals surface area contributed by atoms with Crippen molar-refractivity contribution >= 4 is 17.9 Å². The minimum absolute atomic E-state index is 0.0128. The molecule has 0 radical (unpaired) electrons. The van der Waals surface area contributed by atoms with Gasteiger partial charge in [-0.05, 0) is 67.6 Å². The molecule has 1 aromatic carbocycles. The van der Waals surface area contributed by atoms with Crippen molar-refractivity contribution in [1.82, 2.24) is 15.5 Å². The van der Waals surface area contributed by atoms with Crippen LogP contribution in [0.5, 0.6) is 11.5 Å². The highest BCUT2D eigenvalue weighted by atomic mass is 17.0. The van der Waals surface area contributed by atoms with Gasteiger partial charge in [0.2, 0.25) is 11.8 Å². The van der Waals surface area contributed by atoms with Crippen molar-refractivity contribution in [2.24, 2.45) is 23.7 Å². The van der Waals surface area contributed by atoms with Crippen LogP contribution < -0.4 is 20.1 Å². The number of likely N-dealkylation sites (tertiary alicyclic amines) is 1. The van der Waals surface area contributed by atoms with Gasteiger partial charge in [-0.3, -0.25) is 9.59 Å². The highest BCUT2D eigenvalue weighted by Gasteiger charge is 2.34. The molecule has 4 N–H and O–H groups in total. The summed E-state index contributed by atoms with van der Waals surface area (Å²) in [5.41, 5.74) is 0.984. The van der Waals surface area contributed by atoms with Crippen molar-refractivity contribution in [3.63, 3.8) is 0 Å². The molecule has 0 aliphatic carbocycles. The predicted molar refractivity (Wildman–Crippen MR) is 176 cm³/mol. The number of carbonyl (C=O) groups excluding carboxylic acids is 2. The number of rotatable bonds is 21. The lowest BCUT2D eigenvalue weighted by Gasteiger charge is -2.34. The molecular weight excluding hydrogens is 628 g/mol.